The SMILES string of the molecule is CCOC(=O)C(CC(C)C)NP(=O)(NC(CC(C)C)C(=O)OCC)OC[C@H]1O[C@@H](n2cnc3c(OC)nc(N)nc32)[C@@](C)(O)C1O. The normalized spacial score (nSPS) is 24.2. The van der Waals surface area contributed by atoms with Crippen molar-refractivity contribution in [1.29, 1.82) is 0 Å². The minimum Gasteiger partial charge on any atom is -0.479 e. The highest BCUT2D eigenvalue weighted by Crippen LogP contribution is 2.45. The van der Waals surface area contributed by atoms with E-state index in [9.17, 15) is 24.4 Å². The fraction of sp³-hybridized carbons (Fsp3) is 0.750. The van der Waals surface area contributed by atoms with Crippen molar-refractivity contribution >= 4 is 36.7 Å². The lowest BCUT2D eigenvalue weighted by Gasteiger charge is -2.30. The number of ether oxygens (including phenoxy) is 4. The summed E-state index contributed by atoms with van der Waals surface area (Å²) in [4.78, 5) is 38.2. The van der Waals surface area contributed by atoms with Crippen LogP contribution in [-0.4, -0.2) is 98.5 Å². The Labute approximate surface area is 268 Å². The van der Waals surface area contributed by atoms with E-state index in [-0.39, 0.29) is 60.9 Å². The van der Waals surface area contributed by atoms with Crippen molar-refractivity contribution in [2.75, 3.05) is 32.7 Å². The van der Waals surface area contributed by atoms with Crippen LogP contribution in [0.25, 0.3) is 11.2 Å². The van der Waals surface area contributed by atoms with Gasteiger partial charge in [-0.3, -0.25) is 18.7 Å². The lowest BCUT2D eigenvalue weighted by Crippen LogP contribution is -2.47. The molecule has 1 aliphatic rings. The molecule has 3 heterocycles. The molecular formula is C28H48N7O10P. The Morgan fingerprint density at radius 3 is 2.11 bits per heavy atom. The van der Waals surface area contributed by atoms with Crippen molar-refractivity contribution in [3.63, 3.8) is 0 Å². The van der Waals surface area contributed by atoms with Gasteiger partial charge >= 0.3 is 19.6 Å². The maximum absolute atomic E-state index is 14.5. The van der Waals surface area contributed by atoms with E-state index < -0.39 is 62.3 Å². The molecule has 0 aromatic carbocycles. The molecule has 0 aliphatic carbocycles. The Kier molecular flexibility index (Phi) is 12.9. The smallest absolute Gasteiger partial charge is 0.342 e. The predicted molar refractivity (Wildman–Crippen MR) is 166 cm³/mol. The number of nitrogens with zero attached hydrogens (tertiary/aromatic N) is 4. The number of methoxy groups -OCH3 is 1. The first-order valence-electron chi connectivity index (χ1n) is 15.3. The van der Waals surface area contributed by atoms with Crippen LogP contribution in [0.2, 0.25) is 0 Å². The van der Waals surface area contributed by atoms with Gasteiger partial charge in [0.1, 0.15) is 29.9 Å². The van der Waals surface area contributed by atoms with Crippen LogP contribution in [0.3, 0.4) is 0 Å². The van der Waals surface area contributed by atoms with Crippen LogP contribution >= 0.6 is 7.67 Å². The molecule has 6 atom stereocenters. The first kappa shape index (κ1) is 37.5. The Morgan fingerprint density at radius 1 is 1.09 bits per heavy atom. The summed E-state index contributed by atoms with van der Waals surface area (Å²) < 4.78 is 43.5. The monoisotopic (exact) mass is 673 g/mol. The largest absolute Gasteiger partial charge is 0.479 e. The van der Waals surface area contributed by atoms with E-state index in [1.165, 1.54) is 24.9 Å². The van der Waals surface area contributed by atoms with Gasteiger partial charge in [0.05, 0.1) is 33.3 Å². The summed E-state index contributed by atoms with van der Waals surface area (Å²) >= 11 is 0. The van der Waals surface area contributed by atoms with E-state index in [0.717, 1.165) is 0 Å². The molecule has 1 fully saturated rings. The molecule has 0 radical (unpaired) electrons. The van der Waals surface area contributed by atoms with Crippen LogP contribution in [0.15, 0.2) is 6.33 Å². The molecule has 6 N–H and O–H groups in total. The topological polar surface area (TPSA) is 232 Å². The van der Waals surface area contributed by atoms with Crippen LogP contribution in [0, 0.1) is 11.8 Å². The zero-order valence-corrected chi connectivity index (χ0v) is 28.5. The number of esters is 2. The molecule has 2 aromatic rings. The number of nitrogens with one attached hydrogen (secondary N) is 2. The zero-order chi connectivity index (χ0) is 34.4. The number of rotatable bonds is 17. The average molecular weight is 674 g/mol. The molecule has 260 valence electrons. The summed E-state index contributed by atoms with van der Waals surface area (Å²) in [7, 11) is -2.91. The van der Waals surface area contributed by atoms with Crippen LogP contribution in [0.1, 0.15) is 67.5 Å². The molecule has 1 aliphatic heterocycles. The molecule has 3 rings (SSSR count). The molecule has 0 amide bonds. The first-order valence-corrected chi connectivity index (χ1v) is 16.9. The first-order chi connectivity index (χ1) is 21.6. The molecule has 0 bridgehead atoms. The molecule has 18 heteroatoms. The molecule has 0 saturated carbocycles. The lowest BCUT2D eigenvalue weighted by molar-refractivity contribution is -0.146. The second-order valence-corrected chi connectivity index (χ2v) is 14.0. The van der Waals surface area contributed by atoms with E-state index in [2.05, 4.69) is 25.1 Å². The minimum atomic E-state index is -4.30. The molecule has 0 spiro atoms. The van der Waals surface area contributed by atoms with E-state index in [4.69, 9.17) is 29.2 Å². The Balaban J connectivity index is 1.94. The Bertz CT molecular complexity index is 1350. The number of fused-ring (bicyclic) bond motifs is 1. The number of hydrogen-bond donors (Lipinski definition) is 5. The van der Waals surface area contributed by atoms with E-state index in [0.29, 0.717) is 0 Å². The number of aliphatic hydroxyl groups excluding tert-OH is 1. The summed E-state index contributed by atoms with van der Waals surface area (Å²) in [6.45, 7) is 11.8. The van der Waals surface area contributed by atoms with Gasteiger partial charge in [0.2, 0.25) is 11.8 Å². The number of nitrogen functional groups attached to an aromatic ring is 1. The second kappa shape index (κ2) is 15.8. The summed E-state index contributed by atoms with van der Waals surface area (Å²) in [6, 6.07) is -2.13. The van der Waals surface area contributed by atoms with Gasteiger partial charge in [-0.25, -0.2) is 15.2 Å². The molecule has 2 aromatic heterocycles. The van der Waals surface area contributed by atoms with Crippen molar-refractivity contribution in [2.24, 2.45) is 11.8 Å². The maximum Gasteiger partial charge on any atom is 0.342 e. The van der Waals surface area contributed by atoms with Crippen molar-refractivity contribution in [3.05, 3.63) is 6.33 Å². The van der Waals surface area contributed by atoms with Gasteiger partial charge in [-0.15, -0.1) is 0 Å². The average Bonchev–Trinajstić information content (AvgIpc) is 3.47. The maximum atomic E-state index is 14.5. The van der Waals surface area contributed by atoms with Gasteiger partial charge in [-0.1, -0.05) is 27.7 Å². The third-order valence-corrected chi connectivity index (χ3v) is 9.05. The standard InChI is InChI=1S/C28H48N7O10P/c1-9-42-24(37)17(11-15(3)4)33-46(40,34-18(12-16(5)6)25(38)43-10-2)44-13-19-21(36)28(7,39)26(45-19)35-14-30-20-22(35)31-27(29)32-23(20)41-8/h14-19,21,26,36,39H,9-13H2,1-8H3,(H2,29,31,32)(H2,33,34,40)/t17?,18?,19-,21?,26-,28+,46?/m1/s1. The van der Waals surface area contributed by atoms with Crippen LogP contribution < -0.4 is 20.6 Å². The zero-order valence-electron chi connectivity index (χ0n) is 27.6. The van der Waals surface area contributed by atoms with Crippen LogP contribution in [0.4, 0.5) is 5.95 Å². The number of nitrogens with two attached hydrogens (primary N) is 1. The number of aliphatic hydroxyl groups is 2. The summed E-state index contributed by atoms with van der Waals surface area (Å²) in [5, 5.41) is 28.1. The third-order valence-electron chi connectivity index (χ3n) is 7.24. The molecular weight excluding hydrogens is 625 g/mol. The number of imidazole rings is 1. The van der Waals surface area contributed by atoms with E-state index >= 15 is 0 Å². The van der Waals surface area contributed by atoms with Crippen LogP contribution in [0.5, 0.6) is 5.88 Å². The molecule has 46 heavy (non-hydrogen) atoms. The lowest BCUT2D eigenvalue weighted by atomic mass is 9.96. The Hall–Kier alpha value is -2.92. The number of carbonyl (C=O) groups is 2. The summed E-state index contributed by atoms with van der Waals surface area (Å²) in [5.41, 5.74) is 4.34. The van der Waals surface area contributed by atoms with Crippen molar-refractivity contribution in [1.82, 2.24) is 29.7 Å². The van der Waals surface area contributed by atoms with Crippen molar-refractivity contribution in [2.45, 2.75) is 97.4 Å². The van der Waals surface area contributed by atoms with Gasteiger partial charge in [-0.2, -0.15) is 9.97 Å². The third kappa shape index (κ3) is 8.91. The van der Waals surface area contributed by atoms with Crippen molar-refractivity contribution in [3.8, 4) is 5.88 Å². The highest BCUT2D eigenvalue weighted by atomic mass is 31.2. The predicted octanol–water partition coefficient (Wildman–Crippen LogP) is 1.69. The number of hydrogen-bond acceptors (Lipinski definition) is 14. The summed E-state index contributed by atoms with van der Waals surface area (Å²) in [6.07, 6.45) is -2.24. The molecule has 17 nitrogen and oxygen atoms in total. The number of anilines is 1. The number of carbonyl (C=O) groups excluding carboxylic acids is 2. The van der Waals surface area contributed by atoms with Gasteiger partial charge in [0.25, 0.3) is 0 Å². The van der Waals surface area contributed by atoms with Crippen molar-refractivity contribution < 1.29 is 47.8 Å². The van der Waals surface area contributed by atoms with Gasteiger partial charge in [0, 0.05) is 0 Å². The summed E-state index contributed by atoms with van der Waals surface area (Å²) in [5.74, 6) is -1.33. The van der Waals surface area contributed by atoms with Gasteiger partial charge < -0.3 is 39.4 Å². The quantitative estimate of drug-likeness (QED) is 0.119. The van der Waals surface area contributed by atoms with Crippen LogP contribution in [-0.2, 0) is 32.9 Å². The second-order valence-electron chi connectivity index (χ2n) is 12.1. The minimum absolute atomic E-state index is 0.0100. The molecule has 3 unspecified atom stereocenters. The number of aromatic nitrogens is 4. The van der Waals surface area contributed by atoms with Gasteiger partial charge in [-0.05, 0) is 45.4 Å². The highest BCUT2D eigenvalue weighted by molar-refractivity contribution is 7.54. The van der Waals surface area contributed by atoms with E-state index in [1.54, 1.807) is 13.8 Å². The molecule has 1 saturated heterocycles. The Morgan fingerprint density at radius 2 is 1.63 bits per heavy atom. The fourth-order valence-corrected chi connectivity index (χ4v) is 6.95. The van der Waals surface area contributed by atoms with E-state index in [1.807, 2.05) is 27.7 Å². The fourth-order valence-electron chi connectivity index (χ4n) is 5.13. The highest BCUT2D eigenvalue weighted by Gasteiger charge is 2.54. The van der Waals surface area contributed by atoms with Gasteiger partial charge in [0.15, 0.2) is 17.4 Å².